The van der Waals surface area contributed by atoms with E-state index in [9.17, 15) is 0 Å². The van der Waals surface area contributed by atoms with Crippen LogP contribution in [0.3, 0.4) is 0 Å². The van der Waals surface area contributed by atoms with Crippen LogP contribution < -0.4 is 5.32 Å². The van der Waals surface area contributed by atoms with Gasteiger partial charge in [0.15, 0.2) is 0 Å². The molecule has 0 atom stereocenters. The normalized spacial score (nSPS) is 10.4. The standard InChI is InChI=1S/C11H15N5/c1-7-4-12-9(3)11(15-7)13-5-10-6-14-16-8(10)2/h4,6H,5H2,1-3H3,(H,13,15)(H,14,16). The molecule has 0 aromatic carbocycles. The molecular weight excluding hydrogens is 202 g/mol. The zero-order valence-corrected chi connectivity index (χ0v) is 9.70. The summed E-state index contributed by atoms with van der Waals surface area (Å²) in [6, 6.07) is 0. The van der Waals surface area contributed by atoms with Gasteiger partial charge in [0.05, 0.1) is 17.6 Å². The second-order valence-electron chi connectivity index (χ2n) is 3.82. The van der Waals surface area contributed by atoms with E-state index in [0.717, 1.165) is 28.5 Å². The summed E-state index contributed by atoms with van der Waals surface area (Å²) in [5.41, 5.74) is 4.04. The predicted molar refractivity (Wildman–Crippen MR) is 62.2 cm³/mol. The maximum absolute atomic E-state index is 4.40. The highest BCUT2D eigenvalue weighted by Crippen LogP contribution is 2.11. The molecule has 0 aliphatic heterocycles. The highest BCUT2D eigenvalue weighted by molar-refractivity contribution is 5.40. The number of rotatable bonds is 3. The Morgan fingerprint density at radius 3 is 2.75 bits per heavy atom. The molecule has 16 heavy (non-hydrogen) atoms. The molecule has 2 rings (SSSR count). The fourth-order valence-electron chi connectivity index (χ4n) is 1.44. The minimum absolute atomic E-state index is 0.710. The Balaban J connectivity index is 2.10. The van der Waals surface area contributed by atoms with Gasteiger partial charge in [-0.2, -0.15) is 5.10 Å². The molecule has 0 saturated carbocycles. The smallest absolute Gasteiger partial charge is 0.148 e. The minimum atomic E-state index is 0.710. The van der Waals surface area contributed by atoms with E-state index in [1.807, 2.05) is 27.0 Å². The molecule has 0 saturated heterocycles. The number of aryl methyl sites for hydroxylation is 3. The molecule has 5 heteroatoms. The summed E-state index contributed by atoms with van der Waals surface area (Å²) in [5, 5.41) is 10.1. The molecule has 0 radical (unpaired) electrons. The molecular formula is C11H15N5. The highest BCUT2D eigenvalue weighted by atomic mass is 15.1. The number of nitrogens with one attached hydrogen (secondary N) is 2. The summed E-state index contributed by atoms with van der Waals surface area (Å²) in [6.07, 6.45) is 3.59. The zero-order valence-electron chi connectivity index (χ0n) is 9.70. The van der Waals surface area contributed by atoms with Crippen molar-refractivity contribution in [2.75, 3.05) is 5.32 Å². The van der Waals surface area contributed by atoms with Gasteiger partial charge in [-0.3, -0.25) is 10.1 Å². The lowest BCUT2D eigenvalue weighted by Gasteiger charge is -2.07. The number of hydrogen-bond donors (Lipinski definition) is 2. The number of aromatic amines is 1. The Morgan fingerprint density at radius 2 is 2.06 bits per heavy atom. The van der Waals surface area contributed by atoms with E-state index in [2.05, 4.69) is 25.5 Å². The van der Waals surface area contributed by atoms with Gasteiger partial charge in [0, 0.05) is 24.0 Å². The molecule has 0 amide bonds. The summed E-state index contributed by atoms with van der Waals surface area (Å²) < 4.78 is 0. The Morgan fingerprint density at radius 1 is 1.25 bits per heavy atom. The third kappa shape index (κ3) is 2.18. The van der Waals surface area contributed by atoms with Crippen molar-refractivity contribution in [3.8, 4) is 0 Å². The van der Waals surface area contributed by atoms with Gasteiger partial charge in [0.1, 0.15) is 5.82 Å². The molecule has 5 nitrogen and oxygen atoms in total. The Labute approximate surface area is 94.3 Å². The summed E-state index contributed by atoms with van der Waals surface area (Å²) >= 11 is 0. The van der Waals surface area contributed by atoms with Gasteiger partial charge in [0.25, 0.3) is 0 Å². The van der Waals surface area contributed by atoms with Gasteiger partial charge in [-0.1, -0.05) is 0 Å². The van der Waals surface area contributed by atoms with Crippen LogP contribution in [0.2, 0.25) is 0 Å². The van der Waals surface area contributed by atoms with Crippen LogP contribution in [0.4, 0.5) is 5.82 Å². The van der Waals surface area contributed by atoms with Crippen LogP contribution in [-0.2, 0) is 6.54 Å². The largest absolute Gasteiger partial charge is 0.364 e. The lowest BCUT2D eigenvalue weighted by Crippen LogP contribution is -2.05. The first-order chi connectivity index (χ1) is 7.66. The first-order valence-electron chi connectivity index (χ1n) is 5.20. The Hall–Kier alpha value is -1.91. The molecule has 0 bridgehead atoms. The van der Waals surface area contributed by atoms with Crippen molar-refractivity contribution in [1.82, 2.24) is 20.2 Å². The number of nitrogens with zero attached hydrogens (tertiary/aromatic N) is 3. The van der Waals surface area contributed by atoms with E-state index >= 15 is 0 Å². The second kappa shape index (κ2) is 4.30. The average Bonchev–Trinajstić information content (AvgIpc) is 2.66. The monoisotopic (exact) mass is 217 g/mol. The molecule has 0 spiro atoms. The molecule has 2 aromatic heterocycles. The molecule has 0 aliphatic rings. The fourth-order valence-corrected chi connectivity index (χ4v) is 1.44. The summed E-state index contributed by atoms with van der Waals surface area (Å²) in [6.45, 7) is 6.58. The van der Waals surface area contributed by atoms with Crippen molar-refractivity contribution in [2.45, 2.75) is 27.3 Å². The number of H-pyrrole nitrogens is 1. The van der Waals surface area contributed by atoms with E-state index in [0.29, 0.717) is 6.54 Å². The van der Waals surface area contributed by atoms with Crippen molar-refractivity contribution in [2.24, 2.45) is 0 Å². The van der Waals surface area contributed by atoms with E-state index in [-0.39, 0.29) is 0 Å². The topological polar surface area (TPSA) is 66.5 Å². The lowest BCUT2D eigenvalue weighted by molar-refractivity contribution is 1.01. The first-order valence-corrected chi connectivity index (χ1v) is 5.20. The predicted octanol–water partition coefficient (Wildman–Crippen LogP) is 1.74. The lowest BCUT2D eigenvalue weighted by atomic mass is 10.2. The van der Waals surface area contributed by atoms with Crippen LogP contribution in [0.15, 0.2) is 12.4 Å². The van der Waals surface area contributed by atoms with E-state index in [1.54, 1.807) is 6.20 Å². The second-order valence-corrected chi connectivity index (χ2v) is 3.82. The van der Waals surface area contributed by atoms with E-state index < -0.39 is 0 Å². The third-order valence-electron chi connectivity index (χ3n) is 2.46. The SMILES string of the molecule is Cc1cnc(C)c(NCc2cn[nH]c2C)n1. The van der Waals surface area contributed by atoms with Gasteiger partial charge >= 0.3 is 0 Å². The maximum Gasteiger partial charge on any atom is 0.148 e. The van der Waals surface area contributed by atoms with Crippen LogP contribution in [0.25, 0.3) is 0 Å². The van der Waals surface area contributed by atoms with Crippen LogP contribution in [-0.4, -0.2) is 20.2 Å². The van der Waals surface area contributed by atoms with Crippen molar-refractivity contribution in [1.29, 1.82) is 0 Å². The number of aromatic nitrogens is 4. The van der Waals surface area contributed by atoms with Gasteiger partial charge in [-0.05, 0) is 20.8 Å². The first kappa shape index (κ1) is 10.6. The Bertz CT molecular complexity index is 489. The van der Waals surface area contributed by atoms with Gasteiger partial charge in [0.2, 0.25) is 0 Å². The zero-order chi connectivity index (χ0) is 11.5. The Kier molecular flexibility index (Phi) is 2.85. The maximum atomic E-state index is 4.40. The van der Waals surface area contributed by atoms with Crippen molar-refractivity contribution in [3.05, 3.63) is 35.0 Å². The van der Waals surface area contributed by atoms with Crippen molar-refractivity contribution in [3.63, 3.8) is 0 Å². The highest BCUT2D eigenvalue weighted by Gasteiger charge is 2.04. The molecule has 0 fully saturated rings. The van der Waals surface area contributed by atoms with Crippen LogP contribution in [0.1, 0.15) is 22.6 Å². The molecule has 84 valence electrons. The molecule has 0 aliphatic carbocycles. The van der Waals surface area contributed by atoms with Crippen molar-refractivity contribution < 1.29 is 0 Å². The van der Waals surface area contributed by atoms with Gasteiger partial charge in [-0.15, -0.1) is 0 Å². The molecule has 2 heterocycles. The molecule has 2 N–H and O–H groups in total. The van der Waals surface area contributed by atoms with E-state index in [1.165, 1.54) is 0 Å². The number of anilines is 1. The average molecular weight is 217 g/mol. The van der Waals surface area contributed by atoms with E-state index in [4.69, 9.17) is 0 Å². The van der Waals surface area contributed by atoms with Crippen LogP contribution in [0.5, 0.6) is 0 Å². The van der Waals surface area contributed by atoms with Gasteiger partial charge in [-0.25, -0.2) is 4.98 Å². The van der Waals surface area contributed by atoms with Crippen molar-refractivity contribution >= 4 is 5.82 Å². The summed E-state index contributed by atoms with van der Waals surface area (Å²) in [4.78, 5) is 8.65. The summed E-state index contributed by atoms with van der Waals surface area (Å²) in [7, 11) is 0. The summed E-state index contributed by atoms with van der Waals surface area (Å²) in [5.74, 6) is 0.834. The third-order valence-corrected chi connectivity index (χ3v) is 2.46. The van der Waals surface area contributed by atoms with Crippen LogP contribution >= 0.6 is 0 Å². The molecule has 0 unspecified atom stereocenters. The fraction of sp³-hybridized carbons (Fsp3) is 0.364. The quantitative estimate of drug-likeness (QED) is 0.821. The van der Waals surface area contributed by atoms with Crippen LogP contribution in [0, 0.1) is 20.8 Å². The number of hydrogen-bond acceptors (Lipinski definition) is 4. The minimum Gasteiger partial charge on any atom is -0.364 e. The molecule has 2 aromatic rings. The van der Waals surface area contributed by atoms with Gasteiger partial charge < -0.3 is 5.32 Å².